The van der Waals surface area contributed by atoms with Crippen LogP contribution in [0.1, 0.15) is 52.7 Å². The fraction of sp³-hybridized carbons (Fsp3) is 0.105. The van der Waals surface area contributed by atoms with Gasteiger partial charge in [0.25, 0.3) is 0 Å². The molecule has 12 aromatic rings. The van der Waals surface area contributed by atoms with E-state index in [1.165, 1.54) is 21.9 Å². The van der Waals surface area contributed by atoms with E-state index in [0.29, 0.717) is 0 Å². The lowest BCUT2D eigenvalue weighted by atomic mass is 9.87. The molecule has 2 aliphatic heterocycles. The zero-order valence-electron chi connectivity index (χ0n) is 47.0. The number of benzene rings is 12. The van der Waals surface area contributed by atoms with Gasteiger partial charge in [0, 0.05) is 45.7 Å². The molecule has 2 heterocycles. The van der Waals surface area contributed by atoms with Crippen molar-refractivity contribution in [2.75, 3.05) is 19.6 Å². The van der Waals surface area contributed by atoms with Crippen LogP contribution >= 0.6 is 0 Å². The lowest BCUT2D eigenvalue weighted by Gasteiger charge is -2.35. The number of para-hydroxylation sites is 2. The number of fused-ring (bicyclic) bond motifs is 6. The second-order valence-corrected chi connectivity index (χ2v) is 23.5. The first-order valence-electron chi connectivity index (χ1n) is 28.3. The number of hydrogen-bond acceptors (Lipinski definition) is 6. The van der Waals surface area contributed by atoms with Gasteiger partial charge in [-0.1, -0.05) is 187 Å². The van der Waals surface area contributed by atoms with E-state index < -0.39 is 0 Å². The van der Waals surface area contributed by atoms with E-state index in [2.05, 4.69) is 328 Å². The van der Waals surface area contributed by atoms with Crippen LogP contribution in [0.15, 0.2) is 267 Å². The average molecular weight is 1060 g/mol. The molecule has 0 radical (unpaired) electrons. The quantitative estimate of drug-likeness (QED) is 0.143. The molecule has 398 valence electrons. The van der Waals surface area contributed by atoms with Crippen molar-refractivity contribution >= 4 is 89.8 Å². The average Bonchev–Trinajstić information content (AvgIpc) is 3.52. The Hall–Kier alpha value is -10.0. The van der Waals surface area contributed by atoms with E-state index in [1.807, 2.05) is 0 Å². The van der Waals surface area contributed by atoms with Crippen molar-refractivity contribution in [3.63, 3.8) is 0 Å². The van der Waals surface area contributed by atoms with E-state index in [-0.39, 0.29) is 10.8 Å². The lowest BCUT2D eigenvalue weighted by molar-refractivity contribution is 0.476. The van der Waals surface area contributed by atoms with Crippen molar-refractivity contribution < 1.29 is 9.47 Å². The van der Waals surface area contributed by atoms with E-state index in [0.717, 1.165) is 113 Å². The van der Waals surface area contributed by atoms with Gasteiger partial charge in [-0.15, -0.1) is 0 Å². The standard InChI is InChI=1S/C76H62N4O2/c1-75(2,3)55-33-37-59(38-34-55)79-67-43-31-53(47-71(67)81-73-49-61(41-45-69(73)79)77(57-23-9-7-10-24-57)65-29-17-21-51-19-13-15-27-63(51)65)54-32-44-68-72(48-54)82-74-50-62(42-46-70(74)80(68)60-39-35-56(36-40-60)76(4,5)6)78(58-25-11-8-12-26-58)66-30-18-22-52-20-14-16-28-64(52)66/h7-50H,1-6H3. The van der Waals surface area contributed by atoms with Crippen LogP contribution in [0.25, 0.3) is 32.7 Å². The predicted molar refractivity (Wildman–Crippen MR) is 343 cm³/mol. The molecule has 0 spiro atoms. The molecule has 12 aromatic carbocycles. The van der Waals surface area contributed by atoms with E-state index in [4.69, 9.17) is 9.47 Å². The zero-order valence-corrected chi connectivity index (χ0v) is 47.0. The van der Waals surface area contributed by atoms with Crippen molar-refractivity contribution in [1.29, 1.82) is 0 Å². The molecular formula is C76H62N4O2. The topological polar surface area (TPSA) is 31.4 Å². The van der Waals surface area contributed by atoms with Crippen LogP contribution in [0.4, 0.5) is 68.2 Å². The van der Waals surface area contributed by atoms with Crippen LogP contribution in [0.3, 0.4) is 0 Å². The molecule has 0 saturated carbocycles. The fourth-order valence-electron chi connectivity index (χ4n) is 11.8. The van der Waals surface area contributed by atoms with Gasteiger partial charge in [0.2, 0.25) is 0 Å². The highest BCUT2D eigenvalue weighted by atomic mass is 16.5. The van der Waals surface area contributed by atoms with E-state index >= 15 is 0 Å². The Kier molecular flexibility index (Phi) is 12.2. The van der Waals surface area contributed by atoms with Crippen LogP contribution in [-0.2, 0) is 10.8 Å². The second kappa shape index (κ2) is 19.9. The highest BCUT2D eigenvalue weighted by molar-refractivity contribution is 6.01. The van der Waals surface area contributed by atoms with Crippen molar-refractivity contribution in [3.8, 4) is 34.1 Å². The second-order valence-electron chi connectivity index (χ2n) is 23.5. The third-order valence-corrected chi connectivity index (χ3v) is 16.1. The minimum Gasteiger partial charge on any atom is -0.453 e. The molecule has 0 bridgehead atoms. The number of hydrogen-bond donors (Lipinski definition) is 0. The Morgan fingerprint density at radius 2 is 0.634 bits per heavy atom. The minimum absolute atomic E-state index is 0.00252. The molecule has 82 heavy (non-hydrogen) atoms. The van der Waals surface area contributed by atoms with Gasteiger partial charge >= 0.3 is 0 Å². The normalized spacial score (nSPS) is 12.7. The van der Waals surface area contributed by atoms with Gasteiger partial charge in [-0.2, -0.15) is 0 Å². The van der Waals surface area contributed by atoms with Gasteiger partial charge in [-0.3, -0.25) is 0 Å². The van der Waals surface area contributed by atoms with Gasteiger partial charge in [-0.25, -0.2) is 0 Å². The molecule has 0 aromatic heterocycles. The lowest BCUT2D eigenvalue weighted by Crippen LogP contribution is -2.18. The smallest absolute Gasteiger partial charge is 0.153 e. The molecule has 0 saturated heterocycles. The molecule has 14 rings (SSSR count). The number of anilines is 12. The number of ether oxygens (including phenoxy) is 2. The Bertz CT molecular complexity index is 4080. The van der Waals surface area contributed by atoms with Gasteiger partial charge in [0.1, 0.15) is 0 Å². The molecule has 0 fully saturated rings. The maximum absolute atomic E-state index is 7.21. The molecule has 2 aliphatic rings. The van der Waals surface area contributed by atoms with Gasteiger partial charge < -0.3 is 29.1 Å². The Balaban J connectivity index is 0.890. The SMILES string of the molecule is CC(C)(C)c1ccc(N2c3ccc(-c4ccc5c(c4)Oc4cc(N(c6ccccc6)c6cccc7ccccc67)ccc4N5c4ccc(C(C)(C)C)cc4)cc3Oc3cc(N(c4ccccc4)c4cccc5ccccc45)ccc32)cc1. The molecule has 0 unspecified atom stereocenters. The minimum atomic E-state index is 0.00252. The Morgan fingerprint density at radius 1 is 0.293 bits per heavy atom. The Morgan fingerprint density at radius 3 is 1.02 bits per heavy atom. The van der Waals surface area contributed by atoms with Gasteiger partial charge in [-0.05, 0) is 153 Å². The van der Waals surface area contributed by atoms with Gasteiger partial charge in [0.15, 0.2) is 23.0 Å². The molecule has 0 amide bonds. The third kappa shape index (κ3) is 9.03. The summed E-state index contributed by atoms with van der Waals surface area (Å²) in [4.78, 5) is 9.34. The highest BCUT2D eigenvalue weighted by Crippen LogP contribution is 2.56. The van der Waals surface area contributed by atoms with Crippen LogP contribution in [0, 0.1) is 0 Å². The highest BCUT2D eigenvalue weighted by Gasteiger charge is 2.32. The summed E-state index contributed by atoms with van der Waals surface area (Å²) in [5.41, 5.74) is 16.7. The van der Waals surface area contributed by atoms with E-state index in [1.54, 1.807) is 0 Å². The predicted octanol–water partition coefficient (Wildman–Crippen LogP) is 22.3. The molecule has 0 atom stereocenters. The molecule has 6 nitrogen and oxygen atoms in total. The van der Waals surface area contributed by atoms with Gasteiger partial charge in [0.05, 0.1) is 45.5 Å². The maximum atomic E-state index is 7.21. The molecule has 0 N–H and O–H groups in total. The maximum Gasteiger partial charge on any atom is 0.153 e. The summed E-state index contributed by atoms with van der Waals surface area (Å²) < 4.78 is 14.4. The number of rotatable bonds is 9. The number of nitrogens with zero attached hydrogens (tertiary/aromatic N) is 4. The fourth-order valence-corrected chi connectivity index (χ4v) is 11.8. The summed E-state index contributed by atoms with van der Waals surface area (Å²) in [6.45, 7) is 13.6. The molecule has 6 heteroatoms. The van der Waals surface area contributed by atoms with Crippen molar-refractivity contribution in [1.82, 2.24) is 0 Å². The summed E-state index contributed by atoms with van der Waals surface area (Å²) >= 11 is 0. The van der Waals surface area contributed by atoms with Crippen molar-refractivity contribution in [2.24, 2.45) is 0 Å². The van der Waals surface area contributed by atoms with Crippen LogP contribution in [0.5, 0.6) is 23.0 Å². The largest absolute Gasteiger partial charge is 0.453 e. The zero-order chi connectivity index (χ0) is 55.7. The summed E-state index contributed by atoms with van der Waals surface area (Å²) in [6, 6.07) is 95.7. The van der Waals surface area contributed by atoms with Crippen LogP contribution in [0.2, 0.25) is 0 Å². The first-order valence-corrected chi connectivity index (χ1v) is 28.3. The van der Waals surface area contributed by atoms with Crippen molar-refractivity contribution in [2.45, 2.75) is 52.4 Å². The van der Waals surface area contributed by atoms with Crippen molar-refractivity contribution in [3.05, 3.63) is 278 Å². The first kappa shape index (κ1) is 50.2. The monoisotopic (exact) mass is 1060 g/mol. The van der Waals surface area contributed by atoms with Crippen LogP contribution < -0.4 is 29.1 Å². The van der Waals surface area contributed by atoms with Crippen LogP contribution in [-0.4, -0.2) is 0 Å². The summed E-state index contributed by atoms with van der Waals surface area (Å²) in [7, 11) is 0. The summed E-state index contributed by atoms with van der Waals surface area (Å²) in [5, 5.41) is 4.68. The molecule has 0 aliphatic carbocycles. The first-order chi connectivity index (χ1) is 39.9. The molecular weight excluding hydrogens is 1000 g/mol. The third-order valence-electron chi connectivity index (χ3n) is 16.1. The Labute approximate surface area is 480 Å². The summed E-state index contributed by atoms with van der Waals surface area (Å²) in [6.07, 6.45) is 0. The summed E-state index contributed by atoms with van der Waals surface area (Å²) in [5.74, 6) is 3.01. The van der Waals surface area contributed by atoms with E-state index in [9.17, 15) is 0 Å².